The molecule has 0 aliphatic heterocycles. The molecule has 0 spiro atoms. The molecule has 0 fully saturated rings. The van der Waals surface area contributed by atoms with Gasteiger partial charge in [0.15, 0.2) is 0 Å². The maximum atomic E-state index is 11.6. The number of hydrogen-bond acceptors (Lipinski definition) is 4. The Hall–Kier alpha value is -1.55. The van der Waals surface area contributed by atoms with Gasteiger partial charge in [-0.3, -0.25) is 9.69 Å². The van der Waals surface area contributed by atoms with Crippen LogP contribution in [0.25, 0.3) is 0 Å². The average molecular weight is 265 g/mol. The number of ether oxygens (including phenoxy) is 2. The van der Waals surface area contributed by atoms with E-state index in [9.17, 15) is 4.79 Å². The van der Waals surface area contributed by atoms with E-state index in [1.807, 2.05) is 36.2 Å². The van der Waals surface area contributed by atoms with Gasteiger partial charge < -0.3 is 9.47 Å². The van der Waals surface area contributed by atoms with Crippen LogP contribution in [0.5, 0.6) is 5.75 Å². The molecule has 106 valence electrons. The van der Waals surface area contributed by atoms with Crippen LogP contribution in [0.3, 0.4) is 0 Å². The van der Waals surface area contributed by atoms with Crippen LogP contribution < -0.4 is 4.74 Å². The lowest BCUT2D eigenvalue weighted by molar-refractivity contribution is -0.144. The number of benzene rings is 1. The summed E-state index contributed by atoms with van der Waals surface area (Å²) < 4.78 is 10.3. The van der Waals surface area contributed by atoms with Crippen LogP contribution in [0.1, 0.15) is 25.3 Å². The van der Waals surface area contributed by atoms with Crippen LogP contribution >= 0.6 is 0 Å². The Kier molecular flexibility index (Phi) is 6.97. The predicted molar refractivity (Wildman–Crippen MR) is 75.2 cm³/mol. The Balaban J connectivity index is 2.37. The lowest BCUT2D eigenvalue weighted by Gasteiger charge is -2.16. The summed E-state index contributed by atoms with van der Waals surface area (Å²) in [6.07, 6.45) is 1.96. The van der Waals surface area contributed by atoms with Gasteiger partial charge in [0.05, 0.1) is 20.3 Å². The summed E-state index contributed by atoms with van der Waals surface area (Å²) in [7, 11) is 3.55. The molecule has 0 radical (unpaired) electrons. The summed E-state index contributed by atoms with van der Waals surface area (Å²) in [5.74, 6) is 0.662. The second-order valence-electron chi connectivity index (χ2n) is 4.60. The fraction of sp³-hybridized carbons (Fsp3) is 0.533. The number of unbranched alkanes of at least 4 members (excludes halogenated alkanes) is 1. The predicted octanol–water partition coefficient (Wildman–Crippen LogP) is 2.47. The number of carbonyl (C=O) groups is 1. The number of rotatable bonds is 8. The van der Waals surface area contributed by atoms with Gasteiger partial charge in [0, 0.05) is 6.54 Å². The molecule has 0 aromatic heterocycles. The van der Waals surface area contributed by atoms with Crippen molar-refractivity contribution < 1.29 is 14.3 Å². The van der Waals surface area contributed by atoms with E-state index in [0.717, 1.165) is 24.2 Å². The molecule has 0 saturated heterocycles. The number of likely N-dealkylation sites (N-methyl/N-ethyl adjacent to an activating group) is 1. The molecule has 0 amide bonds. The summed E-state index contributed by atoms with van der Waals surface area (Å²) in [5, 5.41) is 0. The van der Waals surface area contributed by atoms with Crippen LogP contribution in [-0.2, 0) is 16.1 Å². The first-order valence-corrected chi connectivity index (χ1v) is 6.62. The third-order valence-corrected chi connectivity index (χ3v) is 2.75. The molecule has 0 atom stereocenters. The number of methoxy groups -OCH3 is 1. The molecule has 0 aliphatic rings. The highest BCUT2D eigenvalue weighted by atomic mass is 16.5. The fourth-order valence-corrected chi connectivity index (χ4v) is 1.73. The lowest BCUT2D eigenvalue weighted by Crippen LogP contribution is -2.27. The standard InChI is InChI=1S/C15H23NO3/c1-4-5-9-19-15(17)12-16(2)11-13-7-6-8-14(10-13)18-3/h6-8,10H,4-5,9,11-12H2,1-3H3. The molecule has 4 nitrogen and oxygen atoms in total. The van der Waals surface area contributed by atoms with Gasteiger partial charge in [-0.25, -0.2) is 0 Å². The maximum Gasteiger partial charge on any atom is 0.320 e. The van der Waals surface area contributed by atoms with E-state index < -0.39 is 0 Å². The summed E-state index contributed by atoms with van der Waals surface area (Å²) in [6, 6.07) is 7.84. The Morgan fingerprint density at radius 3 is 2.84 bits per heavy atom. The molecular formula is C15H23NO3. The molecule has 0 bridgehead atoms. The van der Waals surface area contributed by atoms with Crippen LogP contribution in [0.2, 0.25) is 0 Å². The van der Waals surface area contributed by atoms with Gasteiger partial charge in [-0.2, -0.15) is 0 Å². The van der Waals surface area contributed by atoms with Crippen molar-refractivity contribution in [3.05, 3.63) is 29.8 Å². The van der Waals surface area contributed by atoms with Crippen molar-refractivity contribution in [2.75, 3.05) is 27.3 Å². The summed E-state index contributed by atoms with van der Waals surface area (Å²) in [6.45, 7) is 3.59. The molecular weight excluding hydrogens is 242 g/mol. The Morgan fingerprint density at radius 1 is 1.37 bits per heavy atom. The number of carbonyl (C=O) groups excluding carboxylic acids is 1. The smallest absolute Gasteiger partial charge is 0.320 e. The molecule has 0 unspecified atom stereocenters. The topological polar surface area (TPSA) is 38.8 Å². The molecule has 19 heavy (non-hydrogen) atoms. The first-order valence-electron chi connectivity index (χ1n) is 6.62. The minimum absolute atomic E-state index is 0.168. The van der Waals surface area contributed by atoms with Crippen molar-refractivity contribution in [2.24, 2.45) is 0 Å². The van der Waals surface area contributed by atoms with Gasteiger partial charge in [0.2, 0.25) is 0 Å². The van der Waals surface area contributed by atoms with Crippen molar-refractivity contribution >= 4 is 5.97 Å². The minimum Gasteiger partial charge on any atom is -0.497 e. The Morgan fingerprint density at radius 2 is 2.16 bits per heavy atom. The van der Waals surface area contributed by atoms with Gasteiger partial charge in [0.1, 0.15) is 5.75 Å². The second kappa shape index (κ2) is 8.53. The number of hydrogen-bond donors (Lipinski definition) is 0. The van der Waals surface area contributed by atoms with E-state index in [2.05, 4.69) is 6.92 Å². The van der Waals surface area contributed by atoms with E-state index >= 15 is 0 Å². The van der Waals surface area contributed by atoms with Gasteiger partial charge >= 0.3 is 5.97 Å². The Bertz CT molecular complexity index is 393. The third-order valence-electron chi connectivity index (χ3n) is 2.75. The van der Waals surface area contributed by atoms with E-state index in [-0.39, 0.29) is 5.97 Å². The fourth-order valence-electron chi connectivity index (χ4n) is 1.73. The molecule has 1 aromatic carbocycles. The summed E-state index contributed by atoms with van der Waals surface area (Å²) in [5.41, 5.74) is 1.11. The highest BCUT2D eigenvalue weighted by molar-refractivity contribution is 5.71. The van der Waals surface area contributed by atoms with Crippen LogP contribution in [0.4, 0.5) is 0 Å². The Labute approximate surface area is 115 Å². The zero-order valence-corrected chi connectivity index (χ0v) is 12.0. The SMILES string of the molecule is CCCCOC(=O)CN(C)Cc1cccc(OC)c1. The van der Waals surface area contributed by atoms with Gasteiger partial charge in [-0.15, -0.1) is 0 Å². The monoisotopic (exact) mass is 265 g/mol. The molecule has 1 aromatic rings. The van der Waals surface area contributed by atoms with Crippen LogP contribution in [-0.4, -0.2) is 38.2 Å². The molecule has 0 N–H and O–H groups in total. The van der Waals surface area contributed by atoms with Gasteiger partial charge in [-0.05, 0) is 31.2 Å². The van der Waals surface area contributed by atoms with E-state index in [1.54, 1.807) is 7.11 Å². The molecule has 0 aliphatic carbocycles. The van der Waals surface area contributed by atoms with Crippen molar-refractivity contribution in [3.8, 4) is 5.75 Å². The highest BCUT2D eigenvalue weighted by Gasteiger charge is 2.08. The summed E-state index contributed by atoms with van der Waals surface area (Å²) >= 11 is 0. The van der Waals surface area contributed by atoms with Crippen molar-refractivity contribution in [1.82, 2.24) is 4.90 Å². The lowest BCUT2D eigenvalue weighted by atomic mass is 10.2. The zero-order chi connectivity index (χ0) is 14.1. The van der Waals surface area contributed by atoms with E-state index in [4.69, 9.17) is 9.47 Å². The largest absolute Gasteiger partial charge is 0.497 e. The van der Waals surface area contributed by atoms with E-state index in [1.165, 1.54) is 0 Å². The second-order valence-corrected chi connectivity index (χ2v) is 4.60. The number of nitrogens with zero attached hydrogens (tertiary/aromatic N) is 1. The first kappa shape index (κ1) is 15.5. The third kappa shape index (κ3) is 6.25. The average Bonchev–Trinajstić information content (AvgIpc) is 2.39. The van der Waals surface area contributed by atoms with Crippen molar-refractivity contribution in [1.29, 1.82) is 0 Å². The molecule has 1 rings (SSSR count). The zero-order valence-electron chi connectivity index (χ0n) is 12.0. The van der Waals surface area contributed by atoms with Crippen molar-refractivity contribution in [2.45, 2.75) is 26.3 Å². The normalized spacial score (nSPS) is 10.5. The molecule has 0 saturated carbocycles. The van der Waals surface area contributed by atoms with Crippen LogP contribution in [0, 0.1) is 0 Å². The highest BCUT2D eigenvalue weighted by Crippen LogP contribution is 2.13. The molecule has 4 heteroatoms. The first-order chi connectivity index (χ1) is 9.15. The minimum atomic E-state index is -0.168. The quantitative estimate of drug-likeness (QED) is 0.534. The molecule has 0 heterocycles. The summed E-state index contributed by atoms with van der Waals surface area (Å²) in [4.78, 5) is 13.5. The van der Waals surface area contributed by atoms with Gasteiger partial charge in [-0.1, -0.05) is 25.5 Å². The number of esters is 1. The van der Waals surface area contributed by atoms with Crippen molar-refractivity contribution in [3.63, 3.8) is 0 Å². The van der Waals surface area contributed by atoms with E-state index in [0.29, 0.717) is 19.7 Å². The van der Waals surface area contributed by atoms with Crippen LogP contribution in [0.15, 0.2) is 24.3 Å². The maximum absolute atomic E-state index is 11.6. The van der Waals surface area contributed by atoms with Gasteiger partial charge in [0.25, 0.3) is 0 Å².